The number of benzene rings is 1. The Morgan fingerprint density at radius 1 is 1.00 bits per heavy atom. The van der Waals surface area contributed by atoms with Crippen LogP contribution in [0.1, 0.15) is 31.1 Å². The average Bonchev–Trinajstić information content (AvgIpc) is 2.73. The van der Waals surface area contributed by atoms with Gasteiger partial charge in [0.1, 0.15) is 5.56 Å². The summed E-state index contributed by atoms with van der Waals surface area (Å²) < 4.78 is 26.9. The van der Waals surface area contributed by atoms with E-state index in [4.69, 9.17) is 0 Å². The van der Waals surface area contributed by atoms with Crippen LogP contribution in [0, 0.1) is 11.6 Å². The molecule has 8 heteroatoms. The number of hydroxylamine groups is 2. The fourth-order valence-corrected chi connectivity index (χ4v) is 1.98. The van der Waals surface area contributed by atoms with E-state index in [0.717, 1.165) is 0 Å². The number of pyridine rings is 1. The Bertz CT molecular complexity index is 767. The molecule has 2 heterocycles. The number of rotatable bonds is 2. The van der Waals surface area contributed by atoms with E-state index in [2.05, 4.69) is 9.82 Å². The maximum absolute atomic E-state index is 13.4. The van der Waals surface area contributed by atoms with Crippen molar-refractivity contribution in [1.82, 2.24) is 10.0 Å². The lowest BCUT2D eigenvalue weighted by Gasteiger charge is -2.13. The van der Waals surface area contributed by atoms with Gasteiger partial charge < -0.3 is 4.84 Å². The molecule has 0 saturated carbocycles. The van der Waals surface area contributed by atoms with Crippen LogP contribution in [0.5, 0.6) is 0 Å². The van der Waals surface area contributed by atoms with Gasteiger partial charge in [-0.2, -0.15) is 0 Å². The van der Waals surface area contributed by atoms with Crippen LogP contribution in [-0.2, 0) is 4.84 Å². The van der Waals surface area contributed by atoms with E-state index in [1.807, 2.05) is 0 Å². The first-order valence-electron chi connectivity index (χ1n) is 6.00. The number of halogens is 2. The van der Waals surface area contributed by atoms with Crippen molar-refractivity contribution in [1.29, 1.82) is 0 Å². The Morgan fingerprint density at radius 3 is 2.00 bits per heavy atom. The summed E-state index contributed by atoms with van der Waals surface area (Å²) in [5, 5.41) is 0.173. The minimum Gasteiger partial charge on any atom is -0.324 e. The molecule has 2 aromatic rings. The highest BCUT2D eigenvalue weighted by molar-refractivity contribution is 6.21. The number of carbonyl (C=O) groups excluding carboxylic acids is 3. The summed E-state index contributed by atoms with van der Waals surface area (Å²) in [6, 6.07) is 5.79. The lowest BCUT2D eigenvalue weighted by molar-refractivity contribution is -0.0590. The second-order valence-corrected chi connectivity index (χ2v) is 4.31. The Kier molecular flexibility index (Phi) is 3.13. The normalized spacial score (nSPS) is 13.3. The molecule has 0 fully saturated rings. The van der Waals surface area contributed by atoms with Gasteiger partial charge in [-0.15, -0.1) is 0 Å². The number of imide groups is 1. The maximum atomic E-state index is 13.4. The summed E-state index contributed by atoms with van der Waals surface area (Å²) >= 11 is 0. The summed E-state index contributed by atoms with van der Waals surface area (Å²) in [6.07, 6.45) is 1.23. The molecule has 1 aromatic carbocycles. The molecule has 0 saturated heterocycles. The van der Waals surface area contributed by atoms with Gasteiger partial charge in [0, 0.05) is 0 Å². The largest absolute Gasteiger partial charge is 0.370 e. The van der Waals surface area contributed by atoms with Crippen LogP contribution in [-0.4, -0.2) is 27.8 Å². The lowest BCUT2D eigenvalue weighted by atomic mass is 10.1. The standard InChI is InChI=1S/C14H6F2N2O4/c15-9-5-17-6-10(16)11(9)14(21)22-18-12(19)7-3-1-2-4-8(7)13(18)20/h1-6H. The molecule has 0 radical (unpaired) electrons. The molecular weight excluding hydrogens is 298 g/mol. The SMILES string of the molecule is O=C(ON1C(=O)c2ccccc2C1=O)c1c(F)cncc1F. The highest BCUT2D eigenvalue weighted by Crippen LogP contribution is 2.24. The third kappa shape index (κ3) is 2.01. The number of fused-ring (bicyclic) bond motifs is 1. The Labute approximate surface area is 121 Å². The molecule has 0 aliphatic carbocycles. The molecule has 22 heavy (non-hydrogen) atoms. The molecular formula is C14H6F2N2O4. The summed E-state index contributed by atoms with van der Waals surface area (Å²) in [6.45, 7) is 0. The Morgan fingerprint density at radius 2 is 1.50 bits per heavy atom. The predicted molar refractivity (Wildman–Crippen MR) is 66.5 cm³/mol. The molecule has 1 aliphatic heterocycles. The third-order valence-corrected chi connectivity index (χ3v) is 2.99. The van der Waals surface area contributed by atoms with Crippen molar-refractivity contribution in [3.8, 4) is 0 Å². The van der Waals surface area contributed by atoms with Gasteiger partial charge in [0.15, 0.2) is 11.6 Å². The van der Waals surface area contributed by atoms with Crippen LogP contribution in [0.25, 0.3) is 0 Å². The first-order valence-corrected chi connectivity index (χ1v) is 6.00. The maximum Gasteiger partial charge on any atom is 0.370 e. The van der Waals surface area contributed by atoms with E-state index in [1.54, 1.807) is 0 Å². The van der Waals surface area contributed by atoms with Crippen LogP contribution in [0.2, 0.25) is 0 Å². The monoisotopic (exact) mass is 304 g/mol. The second-order valence-electron chi connectivity index (χ2n) is 4.31. The van der Waals surface area contributed by atoms with Crippen LogP contribution in [0.3, 0.4) is 0 Å². The van der Waals surface area contributed by atoms with Crippen LogP contribution >= 0.6 is 0 Å². The minimum absolute atomic E-state index is 0.0379. The molecule has 0 atom stereocenters. The molecule has 0 spiro atoms. The summed E-state index contributed by atoms with van der Waals surface area (Å²) in [7, 11) is 0. The first kappa shape index (κ1) is 13.8. The van der Waals surface area contributed by atoms with Gasteiger partial charge in [0.25, 0.3) is 11.8 Å². The van der Waals surface area contributed by atoms with Gasteiger partial charge in [0.05, 0.1) is 23.5 Å². The zero-order valence-electron chi connectivity index (χ0n) is 10.7. The van der Waals surface area contributed by atoms with Crippen molar-refractivity contribution in [3.05, 3.63) is 65.0 Å². The van der Waals surface area contributed by atoms with Crippen molar-refractivity contribution in [2.24, 2.45) is 0 Å². The van der Waals surface area contributed by atoms with Crippen molar-refractivity contribution in [3.63, 3.8) is 0 Å². The van der Waals surface area contributed by atoms with Crippen LogP contribution < -0.4 is 0 Å². The lowest BCUT2D eigenvalue weighted by Crippen LogP contribution is -2.33. The predicted octanol–water partition coefficient (Wildman–Crippen LogP) is 1.73. The average molecular weight is 304 g/mol. The molecule has 1 aliphatic rings. The van der Waals surface area contributed by atoms with E-state index >= 15 is 0 Å². The van der Waals surface area contributed by atoms with E-state index in [1.165, 1.54) is 24.3 Å². The number of carbonyl (C=O) groups is 3. The molecule has 110 valence electrons. The fourth-order valence-electron chi connectivity index (χ4n) is 1.98. The smallest absolute Gasteiger partial charge is 0.324 e. The van der Waals surface area contributed by atoms with Gasteiger partial charge in [-0.05, 0) is 12.1 Å². The summed E-state index contributed by atoms with van der Waals surface area (Å²) in [5.74, 6) is -5.80. The van der Waals surface area contributed by atoms with Crippen molar-refractivity contribution in [2.45, 2.75) is 0 Å². The van der Waals surface area contributed by atoms with Crippen LogP contribution in [0.15, 0.2) is 36.7 Å². The Balaban J connectivity index is 1.91. The zero-order valence-corrected chi connectivity index (χ0v) is 10.7. The van der Waals surface area contributed by atoms with Crippen molar-refractivity contribution in [2.75, 3.05) is 0 Å². The minimum atomic E-state index is -1.51. The number of nitrogens with zero attached hydrogens (tertiary/aromatic N) is 2. The molecule has 6 nitrogen and oxygen atoms in total. The number of hydrogen-bond acceptors (Lipinski definition) is 5. The second kappa shape index (κ2) is 4.99. The first-order chi connectivity index (χ1) is 10.5. The van der Waals surface area contributed by atoms with E-state index in [9.17, 15) is 23.2 Å². The third-order valence-electron chi connectivity index (χ3n) is 2.99. The van der Waals surface area contributed by atoms with Crippen molar-refractivity contribution < 1.29 is 28.0 Å². The molecule has 0 unspecified atom stereocenters. The quantitative estimate of drug-likeness (QED) is 0.790. The van der Waals surface area contributed by atoms with Gasteiger partial charge in [-0.25, -0.2) is 13.6 Å². The van der Waals surface area contributed by atoms with Gasteiger partial charge >= 0.3 is 5.97 Å². The van der Waals surface area contributed by atoms with E-state index in [0.29, 0.717) is 12.4 Å². The Hall–Kier alpha value is -3.16. The highest BCUT2D eigenvalue weighted by atomic mass is 19.1. The number of aromatic nitrogens is 1. The van der Waals surface area contributed by atoms with Gasteiger partial charge in [-0.3, -0.25) is 14.6 Å². The van der Waals surface area contributed by atoms with Crippen molar-refractivity contribution >= 4 is 17.8 Å². The molecule has 3 rings (SSSR count). The highest BCUT2D eigenvalue weighted by Gasteiger charge is 2.39. The molecule has 0 N–H and O–H groups in total. The zero-order chi connectivity index (χ0) is 15.9. The van der Waals surface area contributed by atoms with Crippen LogP contribution in [0.4, 0.5) is 8.78 Å². The molecule has 1 aromatic heterocycles. The van der Waals surface area contributed by atoms with E-state index < -0.39 is 35.0 Å². The molecule has 0 bridgehead atoms. The van der Waals surface area contributed by atoms with E-state index in [-0.39, 0.29) is 16.2 Å². The van der Waals surface area contributed by atoms with Gasteiger partial charge in [-0.1, -0.05) is 17.2 Å². The molecule has 2 amide bonds. The summed E-state index contributed by atoms with van der Waals surface area (Å²) in [4.78, 5) is 43.5. The number of hydrogen-bond donors (Lipinski definition) is 0. The van der Waals surface area contributed by atoms with Gasteiger partial charge in [0.2, 0.25) is 0 Å². The topological polar surface area (TPSA) is 76.6 Å². The fraction of sp³-hybridized carbons (Fsp3) is 0. The summed E-state index contributed by atoms with van der Waals surface area (Å²) in [5.41, 5.74) is -0.960. The number of amides is 2.